The van der Waals surface area contributed by atoms with Gasteiger partial charge < -0.3 is 15.4 Å². The number of fused-ring (bicyclic) bond motifs is 1. The summed E-state index contributed by atoms with van der Waals surface area (Å²) in [7, 11) is 0. The highest BCUT2D eigenvalue weighted by atomic mass is 32.1. The van der Waals surface area contributed by atoms with E-state index in [-0.39, 0.29) is 0 Å². The molecule has 1 saturated carbocycles. The Hall–Kier alpha value is -1.95. The Morgan fingerprint density at radius 1 is 1.07 bits per heavy atom. The molecule has 1 aliphatic carbocycles. The van der Waals surface area contributed by atoms with Crippen molar-refractivity contribution < 1.29 is 4.74 Å². The van der Waals surface area contributed by atoms with Gasteiger partial charge in [0.2, 0.25) is 0 Å². The van der Waals surface area contributed by atoms with Crippen molar-refractivity contribution in [1.82, 2.24) is 9.88 Å². The summed E-state index contributed by atoms with van der Waals surface area (Å²) in [6.07, 6.45) is 4.95. The number of ether oxygens (including phenoxy) is 1. The molecule has 1 aliphatic rings. The van der Waals surface area contributed by atoms with Crippen molar-refractivity contribution in [3.63, 3.8) is 0 Å². The lowest BCUT2D eigenvalue weighted by Crippen LogP contribution is -2.30. The predicted molar refractivity (Wildman–Crippen MR) is 113 cm³/mol. The average molecular weight is 382 g/mol. The van der Waals surface area contributed by atoms with Gasteiger partial charge in [0.15, 0.2) is 0 Å². The van der Waals surface area contributed by atoms with Gasteiger partial charge in [0, 0.05) is 13.1 Å². The highest BCUT2D eigenvalue weighted by Gasteiger charge is 2.23. The first-order valence-corrected chi connectivity index (χ1v) is 10.7. The summed E-state index contributed by atoms with van der Waals surface area (Å²) < 4.78 is 7.09. The largest absolute Gasteiger partial charge is 0.431 e. The molecule has 0 atom stereocenters. The van der Waals surface area contributed by atoms with Crippen LogP contribution >= 0.6 is 11.3 Å². The molecule has 142 valence electrons. The second-order valence-corrected chi connectivity index (χ2v) is 8.32. The van der Waals surface area contributed by atoms with Crippen molar-refractivity contribution in [2.24, 2.45) is 11.7 Å². The van der Waals surface area contributed by atoms with Crippen LogP contribution in [0.15, 0.2) is 48.5 Å². The van der Waals surface area contributed by atoms with Crippen LogP contribution in [0.1, 0.15) is 24.8 Å². The molecule has 3 aromatic rings. The Balaban J connectivity index is 1.32. The molecule has 0 aliphatic heterocycles. The summed E-state index contributed by atoms with van der Waals surface area (Å²) in [5.74, 6) is 1.77. The van der Waals surface area contributed by atoms with Gasteiger partial charge >= 0.3 is 0 Å². The second-order valence-electron chi connectivity index (χ2n) is 7.33. The Morgan fingerprint density at radius 3 is 2.63 bits per heavy atom. The van der Waals surface area contributed by atoms with Crippen molar-refractivity contribution in [3.05, 3.63) is 54.1 Å². The maximum Gasteiger partial charge on any atom is 0.279 e. The summed E-state index contributed by atoms with van der Waals surface area (Å²) in [6, 6.07) is 16.5. The van der Waals surface area contributed by atoms with Crippen LogP contribution in [-0.2, 0) is 6.42 Å². The molecule has 4 rings (SSSR count). The van der Waals surface area contributed by atoms with Crippen LogP contribution < -0.4 is 10.5 Å². The summed E-state index contributed by atoms with van der Waals surface area (Å²) in [4.78, 5) is 7.11. The monoisotopic (exact) mass is 381 g/mol. The van der Waals surface area contributed by atoms with E-state index < -0.39 is 0 Å². The van der Waals surface area contributed by atoms with E-state index in [1.54, 1.807) is 11.3 Å². The van der Waals surface area contributed by atoms with Crippen LogP contribution in [-0.4, -0.2) is 36.1 Å². The van der Waals surface area contributed by atoms with Gasteiger partial charge in [-0.1, -0.05) is 35.6 Å². The number of benzene rings is 2. The third-order valence-corrected chi connectivity index (χ3v) is 5.93. The number of nitrogens with two attached hydrogens (primary N) is 1. The number of hydrogen-bond acceptors (Lipinski definition) is 5. The van der Waals surface area contributed by atoms with Gasteiger partial charge in [0.25, 0.3) is 5.19 Å². The van der Waals surface area contributed by atoms with E-state index >= 15 is 0 Å². The second kappa shape index (κ2) is 8.83. The van der Waals surface area contributed by atoms with Crippen LogP contribution in [0.2, 0.25) is 0 Å². The molecule has 2 aromatic carbocycles. The molecule has 0 spiro atoms. The van der Waals surface area contributed by atoms with Crippen LogP contribution in [0.5, 0.6) is 10.9 Å². The topological polar surface area (TPSA) is 51.4 Å². The SMILES string of the molecule is NCCCN(CCc1ccc(Oc2nc3ccccc3s2)cc1)CC1CC1. The molecule has 1 fully saturated rings. The van der Waals surface area contributed by atoms with Gasteiger partial charge in [-0.05, 0) is 74.5 Å². The quantitative estimate of drug-likeness (QED) is 0.553. The zero-order chi connectivity index (χ0) is 18.5. The Bertz CT molecular complexity index is 824. The maximum absolute atomic E-state index is 5.94. The predicted octanol–water partition coefficient (Wildman–Crippen LogP) is 4.69. The molecule has 0 bridgehead atoms. The number of rotatable bonds is 10. The number of aromatic nitrogens is 1. The van der Waals surface area contributed by atoms with Crippen LogP contribution in [0.3, 0.4) is 0 Å². The lowest BCUT2D eigenvalue weighted by Gasteiger charge is -2.22. The smallest absolute Gasteiger partial charge is 0.279 e. The number of thiazole rings is 1. The van der Waals surface area contributed by atoms with Crippen LogP contribution in [0.25, 0.3) is 10.2 Å². The zero-order valence-corrected chi connectivity index (χ0v) is 16.5. The van der Waals surface area contributed by atoms with Gasteiger partial charge in [0.05, 0.1) is 10.2 Å². The highest BCUT2D eigenvalue weighted by molar-refractivity contribution is 7.20. The molecule has 0 unspecified atom stereocenters. The summed E-state index contributed by atoms with van der Waals surface area (Å²) in [5, 5.41) is 0.696. The van der Waals surface area contributed by atoms with Crippen molar-refractivity contribution in [2.75, 3.05) is 26.2 Å². The standard InChI is InChI=1S/C22H27N3OS/c23-13-3-14-25(16-18-6-7-18)15-12-17-8-10-19(11-9-17)26-22-24-20-4-1-2-5-21(20)27-22/h1-2,4-5,8-11,18H,3,6-7,12-16,23H2. The van der Waals surface area contributed by atoms with Gasteiger partial charge in [-0.2, -0.15) is 0 Å². The fourth-order valence-electron chi connectivity index (χ4n) is 3.28. The van der Waals surface area contributed by atoms with E-state index in [1.165, 1.54) is 24.9 Å². The summed E-state index contributed by atoms with van der Waals surface area (Å²) >= 11 is 1.58. The molecule has 4 nitrogen and oxygen atoms in total. The fraction of sp³-hybridized carbons (Fsp3) is 0.409. The van der Waals surface area contributed by atoms with Gasteiger partial charge in [-0.25, -0.2) is 4.98 Å². The third kappa shape index (κ3) is 5.28. The van der Waals surface area contributed by atoms with Crippen LogP contribution in [0, 0.1) is 5.92 Å². The molecular weight excluding hydrogens is 354 g/mol. The number of nitrogens with zero attached hydrogens (tertiary/aromatic N) is 2. The maximum atomic E-state index is 5.94. The molecule has 2 N–H and O–H groups in total. The molecule has 0 radical (unpaired) electrons. The minimum Gasteiger partial charge on any atom is -0.431 e. The van der Waals surface area contributed by atoms with E-state index in [0.29, 0.717) is 5.19 Å². The third-order valence-electron chi connectivity index (χ3n) is 5.01. The van der Waals surface area contributed by atoms with E-state index in [1.807, 2.05) is 30.3 Å². The Labute approximate surface area is 165 Å². The van der Waals surface area contributed by atoms with Crippen LogP contribution in [0.4, 0.5) is 0 Å². The van der Waals surface area contributed by atoms with Crippen molar-refractivity contribution in [1.29, 1.82) is 0 Å². The molecule has 0 amide bonds. The normalized spacial score (nSPS) is 14.1. The van der Waals surface area contributed by atoms with E-state index in [2.05, 4.69) is 28.1 Å². The van der Waals surface area contributed by atoms with E-state index in [4.69, 9.17) is 10.5 Å². The van der Waals surface area contributed by atoms with E-state index in [9.17, 15) is 0 Å². The molecule has 27 heavy (non-hydrogen) atoms. The zero-order valence-electron chi connectivity index (χ0n) is 15.6. The lowest BCUT2D eigenvalue weighted by molar-refractivity contribution is 0.264. The first kappa shape index (κ1) is 18.4. The highest BCUT2D eigenvalue weighted by Crippen LogP contribution is 2.31. The minimum atomic E-state index is 0.696. The molecule has 5 heteroatoms. The van der Waals surface area contributed by atoms with E-state index in [0.717, 1.165) is 54.4 Å². The van der Waals surface area contributed by atoms with Crippen molar-refractivity contribution in [2.45, 2.75) is 25.7 Å². The number of para-hydroxylation sites is 1. The Morgan fingerprint density at radius 2 is 1.89 bits per heavy atom. The molecular formula is C22H27N3OS. The van der Waals surface area contributed by atoms with Crippen molar-refractivity contribution >= 4 is 21.6 Å². The fourth-order valence-corrected chi connectivity index (χ4v) is 4.12. The van der Waals surface area contributed by atoms with Gasteiger partial charge in [-0.15, -0.1) is 0 Å². The molecule has 1 heterocycles. The lowest BCUT2D eigenvalue weighted by atomic mass is 10.1. The summed E-state index contributed by atoms with van der Waals surface area (Å²) in [6.45, 7) is 4.23. The number of hydrogen-bond donors (Lipinski definition) is 1. The first-order chi connectivity index (χ1) is 13.3. The molecule has 0 saturated heterocycles. The van der Waals surface area contributed by atoms with Gasteiger partial charge in [-0.3, -0.25) is 0 Å². The van der Waals surface area contributed by atoms with Crippen molar-refractivity contribution in [3.8, 4) is 10.9 Å². The average Bonchev–Trinajstić information content (AvgIpc) is 3.41. The molecule has 1 aromatic heterocycles. The minimum absolute atomic E-state index is 0.696. The Kier molecular flexibility index (Phi) is 6.02. The van der Waals surface area contributed by atoms with Gasteiger partial charge in [0.1, 0.15) is 5.75 Å². The summed E-state index contributed by atoms with van der Waals surface area (Å²) in [5.41, 5.74) is 8.03. The first-order valence-electron chi connectivity index (χ1n) is 9.85.